The summed E-state index contributed by atoms with van der Waals surface area (Å²) in [6, 6.07) is 8.12. The average molecular weight is 319 g/mol. The van der Waals surface area contributed by atoms with Crippen LogP contribution in [0.2, 0.25) is 0 Å². The van der Waals surface area contributed by atoms with Gasteiger partial charge in [0.2, 0.25) is 5.91 Å². The Labute approximate surface area is 137 Å². The third-order valence-corrected chi connectivity index (χ3v) is 5.58. The Balaban J connectivity index is 1.49. The number of carbonyl (C=O) groups excluding carboxylic acids is 1. The molecule has 2 fully saturated rings. The molecule has 1 aromatic carbocycles. The van der Waals surface area contributed by atoms with Gasteiger partial charge in [0.05, 0.1) is 11.8 Å². The molecule has 120 valence electrons. The largest absolute Gasteiger partial charge is 0.399 e. The number of benzene rings is 1. The first-order valence-corrected chi connectivity index (χ1v) is 9.31. The van der Waals surface area contributed by atoms with Crippen LogP contribution >= 0.6 is 11.8 Å². The third kappa shape index (κ3) is 3.96. The Bertz CT molecular complexity index is 499. The highest BCUT2D eigenvalue weighted by Gasteiger charge is 2.30. The van der Waals surface area contributed by atoms with Crippen molar-refractivity contribution in [1.29, 1.82) is 0 Å². The molecule has 2 saturated heterocycles. The molecule has 3 rings (SSSR count). The van der Waals surface area contributed by atoms with E-state index in [2.05, 4.69) is 17.0 Å². The Morgan fingerprint density at radius 2 is 2.09 bits per heavy atom. The van der Waals surface area contributed by atoms with Gasteiger partial charge in [0.1, 0.15) is 0 Å². The van der Waals surface area contributed by atoms with Crippen molar-refractivity contribution in [3.05, 3.63) is 29.8 Å². The third-order valence-electron chi connectivity index (χ3n) is 4.62. The Kier molecular flexibility index (Phi) is 5.26. The topological polar surface area (TPSA) is 49.6 Å². The van der Waals surface area contributed by atoms with Gasteiger partial charge in [-0.2, -0.15) is 0 Å². The molecule has 0 radical (unpaired) electrons. The summed E-state index contributed by atoms with van der Waals surface area (Å²) in [5.41, 5.74) is 7.86. The molecule has 1 amide bonds. The first-order chi connectivity index (χ1) is 10.7. The minimum Gasteiger partial charge on any atom is -0.399 e. The number of piperidine rings is 1. The fourth-order valence-electron chi connectivity index (χ4n) is 3.28. The maximum absolute atomic E-state index is 12.5. The normalized spacial score (nSPS) is 22.9. The van der Waals surface area contributed by atoms with Crippen LogP contribution in [-0.2, 0) is 11.2 Å². The lowest BCUT2D eigenvalue weighted by atomic mass is 9.96. The molecule has 2 N–H and O–H groups in total. The molecular weight excluding hydrogens is 294 g/mol. The summed E-state index contributed by atoms with van der Waals surface area (Å²) in [6.07, 6.45) is 3.22. The fraction of sp³-hybridized carbons (Fsp3) is 0.588. The number of nitrogens with two attached hydrogens (primary N) is 1. The number of hydrogen-bond acceptors (Lipinski definition) is 4. The van der Waals surface area contributed by atoms with E-state index in [4.69, 9.17) is 5.73 Å². The first kappa shape index (κ1) is 15.7. The smallest absolute Gasteiger partial charge is 0.227 e. The average Bonchev–Trinajstić information content (AvgIpc) is 3.08. The van der Waals surface area contributed by atoms with Crippen LogP contribution in [0.5, 0.6) is 0 Å². The summed E-state index contributed by atoms with van der Waals surface area (Å²) >= 11 is 1.87. The lowest BCUT2D eigenvalue weighted by molar-refractivity contribution is -0.135. The molecule has 0 aliphatic carbocycles. The maximum Gasteiger partial charge on any atom is 0.227 e. The van der Waals surface area contributed by atoms with Crippen molar-refractivity contribution in [2.24, 2.45) is 5.92 Å². The van der Waals surface area contributed by atoms with Crippen molar-refractivity contribution in [3.8, 4) is 0 Å². The van der Waals surface area contributed by atoms with Gasteiger partial charge in [0.25, 0.3) is 0 Å². The minimum absolute atomic E-state index is 0.207. The Morgan fingerprint density at radius 1 is 1.27 bits per heavy atom. The fourth-order valence-corrected chi connectivity index (χ4v) is 4.23. The molecule has 22 heavy (non-hydrogen) atoms. The van der Waals surface area contributed by atoms with Crippen LogP contribution in [0, 0.1) is 5.92 Å². The van der Waals surface area contributed by atoms with Crippen molar-refractivity contribution in [2.75, 3.05) is 43.5 Å². The van der Waals surface area contributed by atoms with Crippen LogP contribution in [0.25, 0.3) is 0 Å². The molecule has 0 saturated carbocycles. The summed E-state index contributed by atoms with van der Waals surface area (Å²) in [5, 5.41) is 0. The molecule has 1 aromatic rings. The lowest BCUT2D eigenvalue weighted by Crippen LogP contribution is -2.44. The molecular formula is C17H25N3OS. The number of carbonyl (C=O) groups is 1. The van der Waals surface area contributed by atoms with Gasteiger partial charge in [-0.1, -0.05) is 12.1 Å². The van der Waals surface area contributed by atoms with Crippen molar-refractivity contribution >= 4 is 23.4 Å². The van der Waals surface area contributed by atoms with Gasteiger partial charge in [0, 0.05) is 31.1 Å². The number of nitrogen functional groups attached to an aromatic ring is 1. The number of anilines is 1. The van der Waals surface area contributed by atoms with Gasteiger partial charge in [0.15, 0.2) is 0 Å². The number of nitrogens with zero attached hydrogens (tertiary/aromatic N) is 2. The zero-order valence-electron chi connectivity index (χ0n) is 13.0. The summed E-state index contributed by atoms with van der Waals surface area (Å²) in [7, 11) is 0. The van der Waals surface area contributed by atoms with Crippen LogP contribution in [-0.4, -0.2) is 53.5 Å². The molecule has 0 aromatic heterocycles. The van der Waals surface area contributed by atoms with E-state index in [0.29, 0.717) is 5.91 Å². The van der Waals surface area contributed by atoms with Crippen LogP contribution in [0.1, 0.15) is 18.4 Å². The second-order valence-corrected chi connectivity index (χ2v) is 7.35. The predicted molar refractivity (Wildman–Crippen MR) is 92.8 cm³/mol. The minimum atomic E-state index is 0.207. The summed E-state index contributed by atoms with van der Waals surface area (Å²) in [5.74, 6) is 2.57. The van der Waals surface area contributed by atoms with Crippen molar-refractivity contribution < 1.29 is 4.79 Å². The summed E-state index contributed by atoms with van der Waals surface area (Å²) < 4.78 is 0. The molecule has 0 spiro atoms. The lowest BCUT2D eigenvalue weighted by Gasteiger charge is -2.33. The highest BCUT2D eigenvalue weighted by atomic mass is 32.2. The van der Waals surface area contributed by atoms with Gasteiger partial charge < -0.3 is 15.5 Å². The van der Waals surface area contributed by atoms with Crippen molar-refractivity contribution in [2.45, 2.75) is 19.3 Å². The molecule has 0 bridgehead atoms. The number of hydrogen-bond donors (Lipinski definition) is 1. The summed E-state index contributed by atoms with van der Waals surface area (Å²) in [4.78, 5) is 17.0. The molecule has 4 nitrogen and oxygen atoms in total. The maximum atomic E-state index is 12.5. The van der Waals surface area contributed by atoms with Gasteiger partial charge in [-0.25, -0.2) is 0 Å². The van der Waals surface area contributed by atoms with Gasteiger partial charge in [-0.15, -0.1) is 11.8 Å². The van der Waals surface area contributed by atoms with E-state index in [1.165, 1.54) is 5.56 Å². The highest BCUT2D eigenvalue weighted by Crippen LogP contribution is 2.23. The molecule has 2 heterocycles. The van der Waals surface area contributed by atoms with E-state index in [0.717, 1.165) is 62.8 Å². The summed E-state index contributed by atoms with van der Waals surface area (Å²) in [6.45, 7) is 4.01. The molecule has 5 heteroatoms. The van der Waals surface area contributed by atoms with Crippen molar-refractivity contribution in [1.82, 2.24) is 9.80 Å². The van der Waals surface area contributed by atoms with Crippen LogP contribution < -0.4 is 5.73 Å². The number of thioether (sulfide) groups is 1. The van der Waals surface area contributed by atoms with Crippen LogP contribution in [0.15, 0.2) is 24.3 Å². The molecule has 2 aliphatic rings. The second-order valence-electron chi connectivity index (χ2n) is 6.27. The molecule has 2 aliphatic heterocycles. The second kappa shape index (κ2) is 7.38. The van der Waals surface area contributed by atoms with E-state index >= 15 is 0 Å². The van der Waals surface area contributed by atoms with E-state index in [-0.39, 0.29) is 5.92 Å². The quantitative estimate of drug-likeness (QED) is 0.863. The van der Waals surface area contributed by atoms with Gasteiger partial charge in [-0.05, 0) is 43.5 Å². The first-order valence-electron chi connectivity index (χ1n) is 8.15. The van der Waals surface area contributed by atoms with Gasteiger partial charge in [-0.3, -0.25) is 4.79 Å². The number of likely N-dealkylation sites (tertiary alicyclic amines) is 1. The van der Waals surface area contributed by atoms with Crippen LogP contribution in [0.4, 0.5) is 5.69 Å². The van der Waals surface area contributed by atoms with Crippen molar-refractivity contribution in [3.63, 3.8) is 0 Å². The van der Waals surface area contributed by atoms with E-state index in [1.54, 1.807) is 0 Å². The number of amides is 1. The zero-order chi connectivity index (χ0) is 15.4. The van der Waals surface area contributed by atoms with E-state index in [9.17, 15) is 4.79 Å². The highest BCUT2D eigenvalue weighted by molar-refractivity contribution is 7.99. The predicted octanol–water partition coefficient (Wildman–Crippen LogP) is 2.06. The molecule has 1 atom stereocenters. The van der Waals surface area contributed by atoms with E-state index < -0.39 is 0 Å². The zero-order valence-corrected chi connectivity index (χ0v) is 13.9. The van der Waals surface area contributed by atoms with E-state index in [1.807, 2.05) is 28.8 Å². The Morgan fingerprint density at radius 3 is 2.82 bits per heavy atom. The Hall–Kier alpha value is -1.20. The van der Waals surface area contributed by atoms with Gasteiger partial charge >= 0.3 is 0 Å². The van der Waals surface area contributed by atoms with Crippen LogP contribution in [0.3, 0.4) is 0 Å². The molecule has 1 unspecified atom stereocenters. The number of rotatable bonds is 4. The SMILES string of the molecule is Nc1ccc(CCN2CCCC(C(=O)N3CCSC3)C2)cc1. The standard InChI is InChI=1S/C17H25N3OS/c18-16-5-3-14(4-6-16)7-9-19-8-1-2-15(12-19)17(21)20-10-11-22-13-20/h3-6,15H,1-2,7-13,18H2. The monoisotopic (exact) mass is 319 g/mol.